The molecule has 1 atom stereocenters. The Morgan fingerprint density at radius 3 is 2.66 bits per heavy atom. The van der Waals surface area contributed by atoms with E-state index in [9.17, 15) is 14.7 Å². The Hall–Kier alpha value is -2.77. The molecule has 0 saturated carbocycles. The van der Waals surface area contributed by atoms with Crippen LogP contribution in [0.4, 0.5) is 5.69 Å². The van der Waals surface area contributed by atoms with Crippen LogP contribution >= 0.6 is 11.6 Å². The molecule has 0 radical (unpaired) electrons. The van der Waals surface area contributed by atoms with Crippen LogP contribution in [0.2, 0.25) is 5.02 Å². The van der Waals surface area contributed by atoms with Gasteiger partial charge in [0.2, 0.25) is 5.91 Å². The first-order valence-electron chi connectivity index (χ1n) is 13.9. The molecule has 1 aliphatic rings. The molecule has 0 saturated heterocycles. The highest BCUT2D eigenvalue weighted by Gasteiger charge is 2.22. The second-order valence-corrected chi connectivity index (χ2v) is 10.5. The number of aromatic hydroxyl groups is 1. The molecule has 1 aliphatic heterocycles. The van der Waals surface area contributed by atoms with Gasteiger partial charge in [-0.05, 0) is 74.9 Å². The second-order valence-electron chi connectivity index (χ2n) is 10.1. The molecular formula is C30H42ClN3O4. The summed E-state index contributed by atoms with van der Waals surface area (Å²) in [5.74, 6) is 0.539. The van der Waals surface area contributed by atoms with Gasteiger partial charge in [-0.1, -0.05) is 56.0 Å². The molecule has 2 aromatic carbocycles. The topological polar surface area (TPSA) is 90.9 Å². The van der Waals surface area contributed by atoms with Crippen molar-refractivity contribution in [2.45, 2.75) is 77.7 Å². The summed E-state index contributed by atoms with van der Waals surface area (Å²) in [5.41, 5.74) is 2.57. The number of fused-ring (bicyclic) bond motifs is 1. The molecule has 8 heteroatoms. The first kappa shape index (κ1) is 29.8. The molecule has 0 bridgehead atoms. The van der Waals surface area contributed by atoms with E-state index in [0.717, 1.165) is 75.0 Å². The summed E-state index contributed by atoms with van der Waals surface area (Å²) in [6, 6.07) is 11.6. The van der Waals surface area contributed by atoms with Gasteiger partial charge in [0.05, 0.1) is 0 Å². The third-order valence-electron chi connectivity index (χ3n) is 7.02. The van der Waals surface area contributed by atoms with Crippen LogP contribution in [0.1, 0.15) is 69.9 Å². The standard InChI is InChI=1S/C30H42ClN3O4/c1-3-4-8-22(2)34(28(37)17-19-32-18-16-23-10-13-25(31)14-11-23)20-7-5-6-9-24-12-15-26(35)29-30(24)38-21-27(36)33-29/h10-15,22,32,35H,3-9,16-21H2,1-2H3,(H,33,36)/t22-/m1/s1. The van der Waals surface area contributed by atoms with E-state index >= 15 is 0 Å². The van der Waals surface area contributed by atoms with Crippen LogP contribution in [-0.4, -0.2) is 54.1 Å². The second kappa shape index (κ2) is 15.6. The van der Waals surface area contributed by atoms with Gasteiger partial charge in [0.25, 0.3) is 5.91 Å². The van der Waals surface area contributed by atoms with Crippen molar-refractivity contribution in [1.82, 2.24) is 10.2 Å². The average Bonchev–Trinajstić information content (AvgIpc) is 2.91. The molecule has 0 fully saturated rings. The lowest BCUT2D eigenvalue weighted by molar-refractivity contribution is -0.133. The van der Waals surface area contributed by atoms with Crippen LogP contribution in [0.15, 0.2) is 36.4 Å². The van der Waals surface area contributed by atoms with E-state index in [2.05, 4.69) is 29.4 Å². The fourth-order valence-electron chi connectivity index (χ4n) is 4.78. The molecule has 2 aromatic rings. The lowest BCUT2D eigenvalue weighted by Crippen LogP contribution is -2.40. The third kappa shape index (κ3) is 9.21. The highest BCUT2D eigenvalue weighted by atomic mass is 35.5. The van der Waals surface area contributed by atoms with E-state index in [1.165, 1.54) is 5.56 Å². The monoisotopic (exact) mass is 543 g/mol. The first-order valence-corrected chi connectivity index (χ1v) is 14.3. The molecule has 1 heterocycles. The van der Waals surface area contributed by atoms with Crippen LogP contribution in [0, 0.1) is 0 Å². The molecule has 7 nitrogen and oxygen atoms in total. The Labute approximate surface area is 231 Å². The number of aryl methyl sites for hydroxylation is 1. The number of halogens is 1. The van der Waals surface area contributed by atoms with Gasteiger partial charge in [-0.25, -0.2) is 0 Å². The summed E-state index contributed by atoms with van der Waals surface area (Å²) >= 11 is 5.95. The zero-order chi connectivity index (χ0) is 27.3. The molecular weight excluding hydrogens is 502 g/mol. The maximum Gasteiger partial charge on any atom is 0.262 e. The molecule has 0 aliphatic carbocycles. The first-order chi connectivity index (χ1) is 18.4. The van der Waals surface area contributed by atoms with Crippen LogP contribution in [-0.2, 0) is 22.4 Å². The lowest BCUT2D eigenvalue weighted by atomic mass is 10.0. The Bertz CT molecular complexity index is 1040. The average molecular weight is 544 g/mol. The van der Waals surface area contributed by atoms with Gasteiger partial charge in [-0.2, -0.15) is 0 Å². The van der Waals surface area contributed by atoms with E-state index in [4.69, 9.17) is 16.3 Å². The Balaban J connectivity index is 1.42. The lowest BCUT2D eigenvalue weighted by Gasteiger charge is -2.30. The number of nitrogens with zero attached hydrogens (tertiary/aromatic N) is 1. The van der Waals surface area contributed by atoms with Crippen LogP contribution in [0.25, 0.3) is 0 Å². The number of phenolic OH excluding ortho intramolecular Hbond substituents is 1. The number of hydrogen-bond acceptors (Lipinski definition) is 5. The van der Waals surface area contributed by atoms with E-state index in [1.54, 1.807) is 6.07 Å². The van der Waals surface area contributed by atoms with Gasteiger partial charge >= 0.3 is 0 Å². The third-order valence-corrected chi connectivity index (χ3v) is 7.27. The maximum absolute atomic E-state index is 13.1. The quantitative estimate of drug-likeness (QED) is 0.186. The minimum atomic E-state index is -0.261. The van der Waals surface area contributed by atoms with Crippen molar-refractivity contribution in [3.05, 3.63) is 52.5 Å². The van der Waals surface area contributed by atoms with Gasteiger partial charge in [0.1, 0.15) is 11.4 Å². The molecule has 208 valence electrons. The van der Waals surface area contributed by atoms with E-state index in [0.29, 0.717) is 24.4 Å². The molecule has 2 amide bonds. The highest BCUT2D eigenvalue weighted by Crippen LogP contribution is 2.39. The Morgan fingerprint density at radius 1 is 1.11 bits per heavy atom. The number of benzene rings is 2. The van der Waals surface area contributed by atoms with Gasteiger partial charge in [0, 0.05) is 30.6 Å². The number of anilines is 1. The summed E-state index contributed by atoms with van der Waals surface area (Å²) in [6.07, 6.45) is 8.31. The number of hydrogen-bond donors (Lipinski definition) is 3. The van der Waals surface area contributed by atoms with Crippen molar-refractivity contribution >= 4 is 29.1 Å². The number of unbranched alkanes of at least 4 members (excludes halogenated alkanes) is 3. The van der Waals surface area contributed by atoms with Crippen LogP contribution in [0.3, 0.4) is 0 Å². The summed E-state index contributed by atoms with van der Waals surface area (Å²) in [6.45, 7) is 6.57. The van der Waals surface area contributed by atoms with Gasteiger partial charge < -0.3 is 25.4 Å². The summed E-state index contributed by atoms with van der Waals surface area (Å²) < 4.78 is 5.59. The molecule has 0 aromatic heterocycles. The van der Waals surface area contributed by atoms with Crippen molar-refractivity contribution in [3.8, 4) is 11.5 Å². The number of phenols is 1. The highest BCUT2D eigenvalue weighted by molar-refractivity contribution is 6.30. The Morgan fingerprint density at radius 2 is 1.89 bits per heavy atom. The predicted octanol–water partition coefficient (Wildman–Crippen LogP) is 5.72. The summed E-state index contributed by atoms with van der Waals surface area (Å²) in [7, 11) is 0. The summed E-state index contributed by atoms with van der Waals surface area (Å²) in [4.78, 5) is 26.8. The normalized spacial score (nSPS) is 13.4. The van der Waals surface area contributed by atoms with E-state index in [-0.39, 0.29) is 30.2 Å². The van der Waals surface area contributed by atoms with Crippen molar-refractivity contribution in [3.63, 3.8) is 0 Å². The molecule has 38 heavy (non-hydrogen) atoms. The zero-order valence-corrected chi connectivity index (χ0v) is 23.5. The van der Waals surface area contributed by atoms with Crippen molar-refractivity contribution in [1.29, 1.82) is 0 Å². The van der Waals surface area contributed by atoms with Gasteiger partial charge in [-0.3, -0.25) is 9.59 Å². The molecule has 3 rings (SSSR count). The van der Waals surface area contributed by atoms with Crippen molar-refractivity contribution < 1.29 is 19.4 Å². The summed E-state index contributed by atoms with van der Waals surface area (Å²) in [5, 5.41) is 16.9. The molecule has 0 spiro atoms. The van der Waals surface area contributed by atoms with Crippen LogP contribution < -0.4 is 15.4 Å². The number of carbonyl (C=O) groups is 2. The number of nitrogens with one attached hydrogen (secondary N) is 2. The number of ether oxygens (including phenoxy) is 1. The van der Waals surface area contributed by atoms with E-state index < -0.39 is 0 Å². The number of carbonyl (C=O) groups excluding carboxylic acids is 2. The fraction of sp³-hybridized carbons (Fsp3) is 0.533. The molecule has 3 N–H and O–H groups in total. The van der Waals surface area contributed by atoms with E-state index in [1.807, 2.05) is 30.3 Å². The van der Waals surface area contributed by atoms with Gasteiger partial charge in [0.15, 0.2) is 12.4 Å². The minimum absolute atomic E-state index is 0.0199. The molecule has 0 unspecified atom stereocenters. The maximum atomic E-state index is 13.1. The predicted molar refractivity (Wildman–Crippen MR) is 153 cm³/mol. The fourth-order valence-corrected chi connectivity index (χ4v) is 4.91. The van der Waals surface area contributed by atoms with Crippen molar-refractivity contribution in [2.75, 3.05) is 31.6 Å². The van der Waals surface area contributed by atoms with Gasteiger partial charge in [-0.15, -0.1) is 0 Å². The zero-order valence-electron chi connectivity index (χ0n) is 22.7. The number of rotatable bonds is 16. The minimum Gasteiger partial charge on any atom is -0.506 e. The SMILES string of the molecule is CCCC[C@@H](C)N(CCCCCc1ccc(O)c2c1OCC(=O)N2)C(=O)CCNCCc1ccc(Cl)cc1. The largest absolute Gasteiger partial charge is 0.506 e. The van der Waals surface area contributed by atoms with Crippen LogP contribution in [0.5, 0.6) is 11.5 Å². The number of amides is 2. The Kier molecular flexibility index (Phi) is 12.2. The van der Waals surface area contributed by atoms with Crippen molar-refractivity contribution in [2.24, 2.45) is 0 Å². The smallest absolute Gasteiger partial charge is 0.262 e.